The lowest BCUT2D eigenvalue weighted by atomic mass is 10.00. The molecule has 0 aromatic carbocycles. The molecule has 2 nitrogen and oxygen atoms in total. The van der Waals surface area contributed by atoms with Crippen LogP contribution in [0.25, 0.3) is 0 Å². The van der Waals surface area contributed by atoms with Crippen LogP contribution in [-0.2, 0) is 0 Å². The summed E-state index contributed by atoms with van der Waals surface area (Å²) in [6.07, 6.45) is 22.4. The first-order valence-corrected chi connectivity index (χ1v) is 10.6. The molecule has 0 bridgehead atoms. The summed E-state index contributed by atoms with van der Waals surface area (Å²) >= 11 is 0. The molecule has 0 aliphatic carbocycles. The molecule has 0 fully saturated rings. The average Bonchev–Trinajstić information content (AvgIpc) is 2.54. The summed E-state index contributed by atoms with van der Waals surface area (Å²) < 4.78 is 0. The van der Waals surface area contributed by atoms with Gasteiger partial charge in [0.2, 0.25) is 0 Å². The Balaban J connectivity index is 3.46. The molecule has 0 aliphatic heterocycles. The number of hydrogen-bond donors (Lipinski definition) is 0. The molecule has 0 N–H and O–H groups in total. The van der Waals surface area contributed by atoms with Gasteiger partial charge in [0.15, 0.2) is 0 Å². The summed E-state index contributed by atoms with van der Waals surface area (Å²) in [7, 11) is 1.72. The number of nitrogens with zero attached hydrogens (tertiary/aromatic N) is 1. The van der Waals surface area contributed by atoms with Gasteiger partial charge in [0.05, 0.1) is 0 Å². The molecule has 0 aromatic rings. The van der Waals surface area contributed by atoms with Crippen molar-refractivity contribution in [3.05, 3.63) is 5.21 Å². The number of unbranched alkanes of at least 4 members (excludes halogenated alkanes) is 13. The molecule has 140 valence electrons. The monoisotopic (exact) mass is 326 g/mol. The molecule has 0 heterocycles. The van der Waals surface area contributed by atoms with E-state index < -0.39 is 0 Å². The Hall–Kier alpha value is -0.0800. The third-order valence-corrected chi connectivity index (χ3v) is 5.05. The normalized spacial score (nSPS) is 12.9. The lowest BCUT2D eigenvalue weighted by molar-refractivity contribution is 0.280. The highest BCUT2D eigenvalue weighted by Crippen LogP contribution is 2.17. The van der Waals surface area contributed by atoms with Gasteiger partial charge in [-0.3, -0.25) is 0 Å². The highest BCUT2D eigenvalue weighted by Gasteiger charge is 2.07. The molecule has 1 unspecified atom stereocenters. The third-order valence-electron chi connectivity index (χ3n) is 5.05. The molecule has 0 aromatic heterocycles. The van der Waals surface area contributed by atoms with Crippen LogP contribution in [0, 0.1) is 5.21 Å². The molecule has 0 radical (unpaired) electrons. The average molecular weight is 327 g/mol. The predicted molar refractivity (Wildman–Crippen MR) is 105 cm³/mol. The Bertz CT molecular complexity index is 218. The first kappa shape index (κ1) is 22.9. The Kier molecular flexibility index (Phi) is 18.2. The first-order valence-electron chi connectivity index (χ1n) is 10.6. The maximum atomic E-state index is 11.7. The van der Waals surface area contributed by atoms with Crippen LogP contribution in [0.15, 0.2) is 0 Å². The lowest BCUT2D eigenvalue weighted by Gasteiger charge is -2.33. The molecular weight excluding hydrogens is 282 g/mol. The zero-order valence-corrected chi connectivity index (χ0v) is 16.5. The minimum Gasteiger partial charge on any atom is -0.785 e. The Labute approximate surface area is 147 Å². The fourth-order valence-corrected chi connectivity index (χ4v) is 3.36. The summed E-state index contributed by atoms with van der Waals surface area (Å²) in [5.41, 5.74) is 0. The number of rotatable bonds is 18. The standard InChI is InChI=1S/C21H44NO/c1-4-6-8-10-12-13-14-16-18-20-21(22(3)23)19-17-15-11-9-7-5-2/h21H,4-20H2,1-3H3/q-1. The van der Waals surface area contributed by atoms with E-state index in [9.17, 15) is 5.21 Å². The van der Waals surface area contributed by atoms with Crippen LogP contribution in [0.5, 0.6) is 0 Å². The van der Waals surface area contributed by atoms with Crippen LogP contribution in [-0.4, -0.2) is 18.2 Å². The van der Waals surface area contributed by atoms with Gasteiger partial charge in [-0.1, -0.05) is 110 Å². The van der Waals surface area contributed by atoms with E-state index in [2.05, 4.69) is 13.8 Å². The molecule has 0 aliphatic rings. The molecule has 0 saturated carbocycles. The van der Waals surface area contributed by atoms with Gasteiger partial charge >= 0.3 is 0 Å². The second-order valence-corrected chi connectivity index (χ2v) is 7.37. The van der Waals surface area contributed by atoms with E-state index in [1.807, 2.05) is 0 Å². The zero-order chi connectivity index (χ0) is 17.2. The zero-order valence-electron chi connectivity index (χ0n) is 16.5. The van der Waals surface area contributed by atoms with Crippen LogP contribution >= 0.6 is 0 Å². The largest absolute Gasteiger partial charge is 0.785 e. The quantitative estimate of drug-likeness (QED) is 0.193. The fraction of sp³-hybridized carbons (Fsp3) is 1.00. The van der Waals surface area contributed by atoms with E-state index in [4.69, 9.17) is 0 Å². The summed E-state index contributed by atoms with van der Waals surface area (Å²) in [5.74, 6) is 0. The maximum absolute atomic E-state index is 11.7. The summed E-state index contributed by atoms with van der Waals surface area (Å²) in [6, 6.07) is 0.269. The lowest BCUT2D eigenvalue weighted by Crippen LogP contribution is -2.26. The Morgan fingerprint density at radius 1 is 0.565 bits per heavy atom. The molecule has 0 amide bonds. The van der Waals surface area contributed by atoms with E-state index in [0.717, 1.165) is 12.8 Å². The van der Waals surface area contributed by atoms with Gasteiger partial charge in [-0.05, 0) is 25.9 Å². The van der Waals surface area contributed by atoms with Crippen molar-refractivity contribution in [1.29, 1.82) is 0 Å². The molecular formula is C21H44NO-. The van der Waals surface area contributed by atoms with Gasteiger partial charge in [-0.2, -0.15) is 0 Å². The van der Waals surface area contributed by atoms with Crippen molar-refractivity contribution in [2.45, 2.75) is 129 Å². The van der Waals surface area contributed by atoms with Gasteiger partial charge < -0.3 is 10.3 Å². The number of hydroxylamine groups is 2. The molecule has 0 rings (SSSR count). The molecule has 2 heteroatoms. The van der Waals surface area contributed by atoms with E-state index in [-0.39, 0.29) is 6.04 Å². The van der Waals surface area contributed by atoms with E-state index in [1.165, 1.54) is 101 Å². The molecule has 0 saturated heterocycles. The van der Waals surface area contributed by atoms with Crippen LogP contribution in [0.4, 0.5) is 0 Å². The molecule has 0 spiro atoms. The van der Waals surface area contributed by atoms with Gasteiger partial charge in [-0.25, -0.2) is 0 Å². The van der Waals surface area contributed by atoms with Gasteiger partial charge in [0.1, 0.15) is 0 Å². The summed E-state index contributed by atoms with van der Waals surface area (Å²) in [4.78, 5) is 0. The van der Waals surface area contributed by atoms with Crippen molar-refractivity contribution >= 4 is 0 Å². The topological polar surface area (TPSA) is 26.3 Å². The van der Waals surface area contributed by atoms with Crippen molar-refractivity contribution in [2.24, 2.45) is 0 Å². The van der Waals surface area contributed by atoms with Crippen LogP contribution < -0.4 is 0 Å². The smallest absolute Gasteiger partial charge is 0.00282 e. The minimum absolute atomic E-state index is 0.269. The Morgan fingerprint density at radius 3 is 1.17 bits per heavy atom. The van der Waals surface area contributed by atoms with Gasteiger partial charge in [0, 0.05) is 0 Å². The van der Waals surface area contributed by atoms with Crippen molar-refractivity contribution in [1.82, 2.24) is 5.06 Å². The third kappa shape index (κ3) is 16.6. The highest BCUT2D eigenvalue weighted by atomic mass is 16.5. The van der Waals surface area contributed by atoms with Crippen molar-refractivity contribution in [2.75, 3.05) is 7.05 Å². The predicted octanol–water partition coefficient (Wildman–Crippen LogP) is 7.46. The minimum atomic E-state index is 0.269. The SMILES string of the molecule is CCCCCCCCCCCC(CCCCCCCC)N(C)[O-]. The number of hydrogen-bond acceptors (Lipinski definition) is 2. The second kappa shape index (κ2) is 18.3. The summed E-state index contributed by atoms with van der Waals surface area (Å²) in [5, 5.41) is 12.9. The van der Waals surface area contributed by atoms with Crippen LogP contribution in [0.3, 0.4) is 0 Å². The highest BCUT2D eigenvalue weighted by molar-refractivity contribution is 4.69. The van der Waals surface area contributed by atoms with E-state index in [1.54, 1.807) is 7.05 Å². The molecule has 1 atom stereocenters. The van der Waals surface area contributed by atoms with E-state index in [0.29, 0.717) is 0 Å². The van der Waals surface area contributed by atoms with E-state index >= 15 is 0 Å². The maximum Gasteiger partial charge on any atom is -0.00282 e. The first-order chi connectivity index (χ1) is 11.2. The van der Waals surface area contributed by atoms with Crippen LogP contribution in [0.1, 0.15) is 123 Å². The molecule has 23 heavy (non-hydrogen) atoms. The van der Waals surface area contributed by atoms with Gasteiger partial charge in [0.25, 0.3) is 0 Å². The van der Waals surface area contributed by atoms with Crippen molar-refractivity contribution < 1.29 is 0 Å². The Morgan fingerprint density at radius 2 is 0.870 bits per heavy atom. The second-order valence-electron chi connectivity index (χ2n) is 7.37. The summed E-state index contributed by atoms with van der Waals surface area (Å²) in [6.45, 7) is 4.53. The van der Waals surface area contributed by atoms with Gasteiger partial charge in [-0.15, -0.1) is 0 Å². The van der Waals surface area contributed by atoms with Crippen molar-refractivity contribution in [3.8, 4) is 0 Å². The van der Waals surface area contributed by atoms with Crippen molar-refractivity contribution in [3.63, 3.8) is 0 Å². The fourth-order valence-electron chi connectivity index (χ4n) is 3.36. The van der Waals surface area contributed by atoms with Crippen LogP contribution in [0.2, 0.25) is 0 Å².